The van der Waals surface area contributed by atoms with Gasteiger partial charge in [0, 0.05) is 28.8 Å². The Kier molecular flexibility index (Phi) is 9.13. The topological polar surface area (TPSA) is 141 Å². The van der Waals surface area contributed by atoms with Gasteiger partial charge < -0.3 is 26.0 Å². The van der Waals surface area contributed by atoms with Crippen molar-refractivity contribution in [1.29, 1.82) is 4.78 Å². The van der Waals surface area contributed by atoms with Crippen LogP contribution in [0.5, 0.6) is 0 Å². The van der Waals surface area contributed by atoms with Gasteiger partial charge >= 0.3 is 12.2 Å². The van der Waals surface area contributed by atoms with E-state index in [1.807, 2.05) is 11.4 Å². The first-order valence-corrected chi connectivity index (χ1v) is 14.4. The fraction of sp³-hybridized carbons (Fsp3) is 0.138. The highest BCUT2D eigenvalue weighted by Gasteiger charge is 2.31. The Labute approximate surface area is 254 Å². The first kappa shape index (κ1) is 31.2. The molecule has 0 radical (unpaired) electrons. The molecule has 5 N–H and O–H groups in total. The highest BCUT2D eigenvalue weighted by atomic mass is 32.2. The normalized spacial score (nSPS) is 14.8. The van der Waals surface area contributed by atoms with E-state index in [0.717, 1.165) is 6.07 Å². The van der Waals surface area contributed by atoms with E-state index in [0.29, 0.717) is 58.7 Å². The van der Waals surface area contributed by atoms with Gasteiger partial charge in [-0.25, -0.2) is 22.8 Å². The minimum atomic E-state index is -4.76. The van der Waals surface area contributed by atoms with Crippen LogP contribution in [0.25, 0.3) is 11.1 Å². The van der Waals surface area contributed by atoms with Crippen LogP contribution in [0, 0.1) is 16.4 Å². The van der Waals surface area contributed by atoms with Crippen LogP contribution in [-0.4, -0.2) is 32.9 Å². The van der Waals surface area contributed by atoms with Gasteiger partial charge in [0.05, 0.1) is 40.3 Å². The first-order chi connectivity index (χ1) is 21.5. The summed E-state index contributed by atoms with van der Waals surface area (Å²) in [6.45, 7) is 0.347. The van der Waals surface area contributed by atoms with Crippen LogP contribution >= 0.6 is 0 Å². The standard InChI is InChI=1S/C29H24F5N7O3S/c30-22-8-7-17(29(32,33)34)12-25(22)40-28(42)39-24-9-6-16(11-23(24)31)21-15-37-27(38-18-3-1-5-20(13-18)45(35)43)41-26(21)36-14-19-4-2-10-44-19/h1-3,5-13,15,19,35,45H,4,14H2,(H2,39,40,42)(H2,36,37,38,41). The molecule has 0 saturated heterocycles. The molecule has 5 rings (SSSR count). The molecule has 2 atom stereocenters. The van der Waals surface area contributed by atoms with Crippen molar-refractivity contribution in [1.82, 2.24) is 9.97 Å². The van der Waals surface area contributed by atoms with Crippen molar-refractivity contribution in [3.8, 4) is 11.1 Å². The molecule has 0 saturated carbocycles. The number of hydrogen-bond acceptors (Lipinski definition) is 8. The number of nitrogens with one attached hydrogen (secondary N) is 5. The molecule has 16 heteroatoms. The van der Waals surface area contributed by atoms with Crippen molar-refractivity contribution in [3.05, 3.63) is 96.4 Å². The molecular formula is C29H24F5N7O3S. The average Bonchev–Trinajstić information content (AvgIpc) is 3.52. The lowest BCUT2D eigenvalue weighted by Gasteiger charge is -2.17. The van der Waals surface area contributed by atoms with Gasteiger partial charge in [0.1, 0.15) is 23.6 Å². The molecular weight excluding hydrogens is 621 g/mol. The van der Waals surface area contributed by atoms with Gasteiger partial charge in [0.15, 0.2) is 0 Å². The Morgan fingerprint density at radius 1 is 1.02 bits per heavy atom. The van der Waals surface area contributed by atoms with Crippen molar-refractivity contribution in [3.63, 3.8) is 0 Å². The maximum Gasteiger partial charge on any atom is 0.416 e. The minimum absolute atomic E-state index is 0.154. The lowest BCUT2D eigenvalue weighted by atomic mass is 10.1. The molecule has 2 unspecified atom stereocenters. The van der Waals surface area contributed by atoms with Crippen LogP contribution in [-0.2, 0) is 21.5 Å². The van der Waals surface area contributed by atoms with Crippen LogP contribution in [0.2, 0.25) is 0 Å². The van der Waals surface area contributed by atoms with E-state index >= 15 is 4.39 Å². The van der Waals surface area contributed by atoms with E-state index in [1.165, 1.54) is 24.4 Å². The van der Waals surface area contributed by atoms with Gasteiger partial charge in [0.25, 0.3) is 0 Å². The first-order valence-electron chi connectivity index (χ1n) is 13.2. The Balaban J connectivity index is 1.36. The Morgan fingerprint density at radius 2 is 1.82 bits per heavy atom. The Morgan fingerprint density at radius 3 is 2.53 bits per heavy atom. The zero-order valence-electron chi connectivity index (χ0n) is 23.0. The quantitative estimate of drug-likeness (QED) is 0.0839. The van der Waals surface area contributed by atoms with Crippen molar-refractivity contribution in [2.45, 2.75) is 23.6 Å². The van der Waals surface area contributed by atoms with Crippen molar-refractivity contribution in [2.75, 3.05) is 27.8 Å². The number of ether oxygens (including phenoxy) is 1. The van der Waals surface area contributed by atoms with E-state index in [9.17, 15) is 26.6 Å². The predicted molar refractivity (Wildman–Crippen MR) is 159 cm³/mol. The largest absolute Gasteiger partial charge is 0.496 e. The molecule has 3 aromatic carbocycles. The molecule has 0 aliphatic carbocycles. The van der Waals surface area contributed by atoms with Crippen LogP contribution in [0.1, 0.15) is 12.0 Å². The fourth-order valence-corrected chi connectivity index (χ4v) is 4.73. The molecule has 0 bridgehead atoms. The van der Waals surface area contributed by atoms with Crippen LogP contribution < -0.4 is 21.3 Å². The lowest BCUT2D eigenvalue weighted by molar-refractivity contribution is -0.137. The summed E-state index contributed by atoms with van der Waals surface area (Å²) in [6, 6.07) is 10.6. The maximum atomic E-state index is 15.2. The van der Waals surface area contributed by atoms with Gasteiger partial charge in [-0.1, -0.05) is 12.1 Å². The molecule has 4 aromatic rings. The number of benzene rings is 3. The molecule has 1 aliphatic rings. The summed E-state index contributed by atoms with van der Waals surface area (Å²) in [6.07, 6.45) is 0.623. The molecule has 45 heavy (non-hydrogen) atoms. The fourth-order valence-electron chi connectivity index (χ4n) is 4.26. The Bertz CT molecular complexity index is 1830. The van der Waals surface area contributed by atoms with E-state index < -0.39 is 45.7 Å². The molecule has 2 heterocycles. The number of nitrogens with zero attached hydrogens (tertiary/aromatic N) is 2. The zero-order valence-corrected chi connectivity index (χ0v) is 23.8. The summed E-state index contributed by atoms with van der Waals surface area (Å²) in [5.74, 6) is -1.54. The summed E-state index contributed by atoms with van der Waals surface area (Å²) in [5, 5.41) is 10.3. The molecule has 1 aliphatic heterocycles. The Hall–Kier alpha value is -5.25. The molecule has 1 aromatic heterocycles. The van der Waals surface area contributed by atoms with E-state index in [1.54, 1.807) is 24.5 Å². The number of carbonyl (C=O) groups is 1. The van der Waals surface area contributed by atoms with Crippen LogP contribution in [0.3, 0.4) is 0 Å². The highest BCUT2D eigenvalue weighted by Crippen LogP contribution is 2.33. The maximum absolute atomic E-state index is 15.2. The number of amides is 2. The highest BCUT2D eigenvalue weighted by molar-refractivity contribution is 7.73. The van der Waals surface area contributed by atoms with Gasteiger partial charge in [-0.3, -0.25) is 4.78 Å². The molecule has 2 amide bonds. The average molecular weight is 646 g/mol. The SMILES string of the molecule is N=[SH](=O)c1cccc(Nc2ncc(-c3ccc(NC(=O)Nc4cc(C(F)(F)F)ccc4F)c(F)c3)c(NCC3CC=CO3)n2)c1. The van der Waals surface area contributed by atoms with Gasteiger partial charge in [-0.15, -0.1) is 0 Å². The van der Waals surface area contributed by atoms with Gasteiger partial charge in [-0.2, -0.15) is 18.2 Å². The van der Waals surface area contributed by atoms with E-state index in [4.69, 9.17) is 9.52 Å². The van der Waals surface area contributed by atoms with Crippen LogP contribution in [0.4, 0.5) is 55.6 Å². The van der Waals surface area contributed by atoms with Crippen molar-refractivity contribution < 1.29 is 35.7 Å². The lowest BCUT2D eigenvalue weighted by Crippen LogP contribution is -2.21. The smallest absolute Gasteiger partial charge is 0.416 e. The minimum Gasteiger partial charge on any atom is -0.496 e. The zero-order chi connectivity index (χ0) is 32.1. The van der Waals surface area contributed by atoms with Crippen LogP contribution in [0.15, 0.2) is 84.1 Å². The van der Waals surface area contributed by atoms with E-state index in [-0.39, 0.29) is 17.7 Å². The molecule has 10 nitrogen and oxygen atoms in total. The number of anilines is 5. The third kappa shape index (κ3) is 7.83. The second kappa shape index (κ2) is 13.2. The number of hydrogen-bond donors (Lipinski definition) is 6. The summed E-state index contributed by atoms with van der Waals surface area (Å²) in [5.41, 5.74) is -1.03. The number of aromatic nitrogens is 2. The van der Waals surface area contributed by atoms with Gasteiger partial charge in [0.2, 0.25) is 5.95 Å². The second-order valence-corrected chi connectivity index (χ2v) is 10.7. The van der Waals surface area contributed by atoms with E-state index in [2.05, 4.69) is 25.9 Å². The third-order valence-electron chi connectivity index (χ3n) is 6.46. The second-order valence-electron chi connectivity index (χ2n) is 9.64. The number of alkyl halides is 3. The summed E-state index contributed by atoms with van der Waals surface area (Å²) < 4.78 is 92.7. The summed E-state index contributed by atoms with van der Waals surface area (Å²) in [4.78, 5) is 21.5. The third-order valence-corrected chi connectivity index (χ3v) is 7.21. The van der Waals surface area contributed by atoms with Crippen molar-refractivity contribution >= 4 is 45.5 Å². The van der Waals surface area contributed by atoms with Crippen molar-refractivity contribution in [2.24, 2.45) is 0 Å². The molecule has 234 valence electrons. The summed E-state index contributed by atoms with van der Waals surface area (Å²) >= 11 is 0. The number of rotatable bonds is 9. The predicted octanol–water partition coefficient (Wildman–Crippen LogP) is 7.14. The number of thiol groups is 1. The summed E-state index contributed by atoms with van der Waals surface area (Å²) in [7, 11) is -2.31. The monoisotopic (exact) mass is 645 g/mol. The molecule has 0 fully saturated rings. The number of urea groups is 1. The van der Waals surface area contributed by atoms with Gasteiger partial charge in [-0.05, 0) is 60.2 Å². The molecule has 0 spiro atoms. The number of carbonyl (C=O) groups excluding carboxylic acids is 1. The number of halogens is 5.